The molecule has 5 rings (SSSR count). The number of fused-ring (bicyclic) bond motifs is 2. The van der Waals surface area contributed by atoms with E-state index in [4.69, 9.17) is 9.72 Å². The summed E-state index contributed by atoms with van der Waals surface area (Å²) in [5.41, 5.74) is 2.67. The molecule has 166 valence electrons. The lowest BCUT2D eigenvalue weighted by molar-refractivity contribution is 0.406. The highest BCUT2D eigenvalue weighted by Crippen LogP contribution is 2.40. The Kier molecular flexibility index (Phi) is 5.55. The van der Waals surface area contributed by atoms with Crippen molar-refractivity contribution in [2.24, 2.45) is 0 Å². The highest BCUT2D eigenvalue weighted by molar-refractivity contribution is 5.60. The molecule has 0 amide bonds. The van der Waals surface area contributed by atoms with Crippen molar-refractivity contribution in [3.8, 4) is 17.0 Å². The molecule has 0 spiro atoms. The predicted molar refractivity (Wildman–Crippen MR) is 126 cm³/mol. The smallest absolute Gasteiger partial charge is 0.255 e. The van der Waals surface area contributed by atoms with E-state index in [2.05, 4.69) is 21.3 Å². The van der Waals surface area contributed by atoms with Gasteiger partial charge in [-0.25, -0.2) is 4.98 Å². The van der Waals surface area contributed by atoms with Crippen molar-refractivity contribution >= 4 is 11.6 Å². The lowest BCUT2D eigenvalue weighted by Crippen LogP contribution is -2.49. The number of anilines is 2. The molecule has 2 aliphatic heterocycles. The largest absolute Gasteiger partial charge is 0.495 e. The van der Waals surface area contributed by atoms with E-state index in [1.54, 1.807) is 25.6 Å². The first-order valence-corrected chi connectivity index (χ1v) is 11.4. The van der Waals surface area contributed by atoms with Crippen molar-refractivity contribution < 1.29 is 4.74 Å². The molecule has 32 heavy (non-hydrogen) atoms. The third-order valence-electron chi connectivity index (χ3n) is 6.71. The van der Waals surface area contributed by atoms with Gasteiger partial charge in [0.1, 0.15) is 5.75 Å². The summed E-state index contributed by atoms with van der Waals surface area (Å²) in [6, 6.07) is 14.6. The van der Waals surface area contributed by atoms with Gasteiger partial charge in [-0.2, -0.15) is 0 Å². The number of pyridine rings is 1. The number of nitrogens with zero attached hydrogens (tertiary/aromatic N) is 4. The lowest BCUT2D eigenvalue weighted by atomic mass is 9.97. The maximum absolute atomic E-state index is 13.0. The van der Waals surface area contributed by atoms with Gasteiger partial charge in [0.25, 0.3) is 5.56 Å². The van der Waals surface area contributed by atoms with E-state index in [0.29, 0.717) is 30.4 Å². The number of rotatable bonds is 6. The summed E-state index contributed by atoms with van der Waals surface area (Å²) in [7, 11) is 1.71. The van der Waals surface area contributed by atoms with E-state index in [9.17, 15) is 4.79 Å². The van der Waals surface area contributed by atoms with Gasteiger partial charge in [-0.05, 0) is 56.9 Å². The second-order valence-electron chi connectivity index (χ2n) is 8.56. The van der Waals surface area contributed by atoms with Crippen LogP contribution < -0.4 is 20.5 Å². The van der Waals surface area contributed by atoms with Gasteiger partial charge < -0.3 is 15.0 Å². The number of nitrogens with one attached hydrogen (secondary N) is 1. The Morgan fingerprint density at radius 2 is 1.81 bits per heavy atom. The number of benzene rings is 1. The van der Waals surface area contributed by atoms with Gasteiger partial charge in [-0.1, -0.05) is 12.1 Å². The summed E-state index contributed by atoms with van der Waals surface area (Å²) >= 11 is 0. The molecular formula is C25H29N5O2. The standard InChI is InChI=1S/C25H29N5O2/c1-3-29-24(31)16-22(17-10-12-26-13-11-17)28-25(29)30-19-8-9-20(30)15-18(14-19)27-21-6-4-5-7-23(21)32-2/h4-7,10-13,16,18-20,27H,3,8-9,14-15H2,1-2H3. The van der Waals surface area contributed by atoms with Crippen LogP contribution >= 0.6 is 0 Å². The third-order valence-corrected chi connectivity index (χ3v) is 6.71. The van der Waals surface area contributed by atoms with Crippen LogP contribution in [0.3, 0.4) is 0 Å². The first kappa shape index (κ1) is 20.5. The minimum absolute atomic E-state index is 0.00187. The van der Waals surface area contributed by atoms with Crippen molar-refractivity contribution in [2.45, 2.75) is 57.3 Å². The topological polar surface area (TPSA) is 72.3 Å². The van der Waals surface area contributed by atoms with E-state index in [0.717, 1.165) is 48.6 Å². The summed E-state index contributed by atoms with van der Waals surface area (Å²) in [6.07, 6.45) is 7.73. The number of methoxy groups -OCH3 is 1. The summed E-state index contributed by atoms with van der Waals surface area (Å²) in [5, 5.41) is 3.70. The van der Waals surface area contributed by atoms with Crippen LogP contribution in [0, 0.1) is 0 Å². The van der Waals surface area contributed by atoms with Crippen LogP contribution in [0.4, 0.5) is 11.6 Å². The fraction of sp³-hybridized carbons (Fsp3) is 0.400. The zero-order valence-corrected chi connectivity index (χ0v) is 18.6. The van der Waals surface area contributed by atoms with Crippen LogP contribution in [0.15, 0.2) is 59.7 Å². The van der Waals surface area contributed by atoms with E-state index in [1.165, 1.54) is 0 Å². The van der Waals surface area contributed by atoms with Crippen LogP contribution in [0.5, 0.6) is 5.75 Å². The van der Waals surface area contributed by atoms with Gasteiger partial charge in [0.2, 0.25) is 5.95 Å². The zero-order chi connectivity index (χ0) is 22.1. The molecule has 2 unspecified atom stereocenters. The SMILES string of the molecule is CCn1c(N2C3CCC2CC(Nc2ccccc2OC)C3)nc(-c2ccncc2)cc1=O. The van der Waals surface area contributed by atoms with E-state index >= 15 is 0 Å². The molecule has 2 bridgehead atoms. The number of ether oxygens (including phenoxy) is 1. The number of aromatic nitrogens is 3. The molecule has 2 atom stereocenters. The van der Waals surface area contributed by atoms with Crippen molar-refractivity contribution in [3.63, 3.8) is 0 Å². The summed E-state index contributed by atoms with van der Waals surface area (Å²) < 4.78 is 7.33. The Labute approximate surface area is 188 Å². The monoisotopic (exact) mass is 431 g/mol. The Hall–Kier alpha value is -3.35. The molecule has 7 nitrogen and oxygen atoms in total. The van der Waals surface area contributed by atoms with Gasteiger partial charge in [-0.15, -0.1) is 0 Å². The highest BCUT2D eigenvalue weighted by atomic mass is 16.5. The Balaban J connectivity index is 1.44. The Morgan fingerprint density at radius 1 is 1.09 bits per heavy atom. The third kappa shape index (κ3) is 3.72. The Bertz CT molecular complexity index is 1130. The average molecular weight is 432 g/mol. The van der Waals surface area contributed by atoms with Crippen LogP contribution in [0.1, 0.15) is 32.6 Å². The van der Waals surface area contributed by atoms with Crippen molar-refractivity contribution in [1.29, 1.82) is 0 Å². The maximum atomic E-state index is 13.0. The van der Waals surface area contributed by atoms with E-state index in [1.807, 2.05) is 41.8 Å². The minimum Gasteiger partial charge on any atom is -0.495 e. The molecule has 1 N–H and O–H groups in total. The van der Waals surface area contributed by atoms with Crippen LogP contribution in [-0.4, -0.2) is 39.8 Å². The molecule has 2 aromatic heterocycles. The fourth-order valence-corrected chi connectivity index (χ4v) is 5.26. The van der Waals surface area contributed by atoms with Crippen molar-refractivity contribution in [3.05, 3.63) is 65.2 Å². The predicted octanol–water partition coefficient (Wildman–Crippen LogP) is 3.95. The summed E-state index contributed by atoms with van der Waals surface area (Å²) in [5.74, 6) is 1.67. The average Bonchev–Trinajstić information content (AvgIpc) is 3.09. The molecule has 0 aliphatic carbocycles. The normalized spacial score (nSPS) is 22.1. The van der Waals surface area contributed by atoms with E-state index < -0.39 is 0 Å². The van der Waals surface area contributed by atoms with Gasteiger partial charge in [-0.3, -0.25) is 14.3 Å². The first-order chi connectivity index (χ1) is 15.7. The minimum atomic E-state index is -0.00187. The maximum Gasteiger partial charge on any atom is 0.255 e. The number of para-hydroxylation sites is 2. The van der Waals surface area contributed by atoms with Gasteiger partial charge in [0.15, 0.2) is 0 Å². The molecule has 3 aromatic rings. The molecule has 2 fully saturated rings. The zero-order valence-electron chi connectivity index (χ0n) is 18.6. The quantitative estimate of drug-likeness (QED) is 0.637. The van der Waals surface area contributed by atoms with Crippen molar-refractivity contribution in [1.82, 2.24) is 14.5 Å². The second kappa shape index (κ2) is 8.65. The fourth-order valence-electron chi connectivity index (χ4n) is 5.26. The molecule has 0 radical (unpaired) electrons. The van der Waals surface area contributed by atoms with Gasteiger partial charge in [0.05, 0.1) is 18.5 Å². The van der Waals surface area contributed by atoms with E-state index in [-0.39, 0.29) is 5.56 Å². The van der Waals surface area contributed by atoms with Crippen molar-refractivity contribution in [2.75, 3.05) is 17.3 Å². The molecule has 4 heterocycles. The Morgan fingerprint density at radius 3 is 2.50 bits per heavy atom. The highest BCUT2D eigenvalue weighted by Gasteiger charge is 2.42. The lowest BCUT2D eigenvalue weighted by Gasteiger charge is -2.41. The van der Waals surface area contributed by atoms with Crippen LogP contribution in [0.25, 0.3) is 11.3 Å². The molecule has 2 saturated heterocycles. The number of hydrogen-bond donors (Lipinski definition) is 1. The summed E-state index contributed by atoms with van der Waals surface area (Å²) in [4.78, 5) is 24.5. The van der Waals surface area contributed by atoms with Crippen LogP contribution in [0.2, 0.25) is 0 Å². The van der Waals surface area contributed by atoms with Gasteiger partial charge >= 0.3 is 0 Å². The molecular weight excluding hydrogens is 402 g/mol. The molecule has 1 aromatic carbocycles. The molecule has 7 heteroatoms. The number of hydrogen-bond acceptors (Lipinski definition) is 6. The molecule has 2 aliphatic rings. The summed E-state index contributed by atoms with van der Waals surface area (Å²) in [6.45, 7) is 2.62. The first-order valence-electron chi connectivity index (χ1n) is 11.4. The van der Waals surface area contributed by atoms with Crippen LogP contribution in [-0.2, 0) is 6.54 Å². The number of piperidine rings is 1. The van der Waals surface area contributed by atoms with Gasteiger partial charge in [0, 0.05) is 48.7 Å². The second-order valence-corrected chi connectivity index (χ2v) is 8.56. The molecule has 0 saturated carbocycles.